The van der Waals surface area contributed by atoms with Crippen LogP contribution in [0.25, 0.3) is 10.6 Å². The first kappa shape index (κ1) is 13.6. The maximum absolute atomic E-state index is 12.1. The number of likely N-dealkylation sites (tertiary alicyclic amines) is 1. The molecular weight excluding hydrogens is 292 g/mol. The maximum Gasteiger partial charge on any atom is 0.228 e. The van der Waals surface area contributed by atoms with Gasteiger partial charge in [0.2, 0.25) is 5.91 Å². The van der Waals surface area contributed by atoms with Crippen LogP contribution in [0.5, 0.6) is 0 Å². The fraction of sp³-hybridized carbons (Fsp3) is 0.333. The molecule has 1 fully saturated rings. The lowest BCUT2D eigenvalue weighted by Gasteiger charge is -2.13. The molecule has 0 saturated carbocycles. The largest absolute Gasteiger partial charge is 0.342 e. The smallest absolute Gasteiger partial charge is 0.228 e. The lowest BCUT2D eigenvalue weighted by Crippen LogP contribution is -2.29. The molecule has 0 spiro atoms. The van der Waals surface area contributed by atoms with Gasteiger partial charge < -0.3 is 4.90 Å². The first-order valence-corrected chi connectivity index (χ1v) is 7.96. The van der Waals surface area contributed by atoms with E-state index < -0.39 is 0 Å². The Bertz CT molecular complexity index is 603. The zero-order chi connectivity index (χ0) is 13.9. The minimum atomic E-state index is 0.190. The summed E-state index contributed by atoms with van der Waals surface area (Å²) in [6, 6.07) is 7.61. The summed E-state index contributed by atoms with van der Waals surface area (Å²) in [6.45, 7) is 1.79. The SMILES string of the molecule is O=C(Cc1csc(-c2ccc(Cl)cc2)n1)N1CCCC1. The standard InChI is InChI=1S/C15H15ClN2OS/c16-12-5-3-11(4-6-12)15-17-13(10-20-15)9-14(19)18-7-1-2-8-18/h3-6,10H,1-2,7-9H2. The molecule has 0 aliphatic carbocycles. The van der Waals surface area contributed by atoms with Crippen molar-refractivity contribution in [1.29, 1.82) is 0 Å². The fourth-order valence-corrected chi connectivity index (χ4v) is 3.30. The normalized spacial score (nSPS) is 14.8. The molecule has 0 unspecified atom stereocenters. The van der Waals surface area contributed by atoms with Crippen molar-refractivity contribution >= 4 is 28.8 Å². The lowest BCUT2D eigenvalue weighted by molar-refractivity contribution is -0.129. The van der Waals surface area contributed by atoms with E-state index in [1.165, 1.54) is 0 Å². The van der Waals surface area contributed by atoms with Gasteiger partial charge in [0.1, 0.15) is 5.01 Å². The first-order valence-electron chi connectivity index (χ1n) is 6.70. The highest BCUT2D eigenvalue weighted by Gasteiger charge is 2.19. The highest BCUT2D eigenvalue weighted by atomic mass is 35.5. The lowest BCUT2D eigenvalue weighted by atomic mass is 10.2. The average molecular weight is 307 g/mol. The number of hydrogen-bond acceptors (Lipinski definition) is 3. The molecule has 1 aromatic carbocycles. The van der Waals surface area contributed by atoms with E-state index in [1.807, 2.05) is 34.5 Å². The number of halogens is 1. The quantitative estimate of drug-likeness (QED) is 0.867. The van der Waals surface area contributed by atoms with Crippen LogP contribution >= 0.6 is 22.9 Å². The molecular formula is C15H15ClN2OS. The van der Waals surface area contributed by atoms with E-state index in [-0.39, 0.29) is 5.91 Å². The molecule has 104 valence electrons. The van der Waals surface area contributed by atoms with Crippen LogP contribution in [0.1, 0.15) is 18.5 Å². The molecule has 0 bridgehead atoms. The highest BCUT2D eigenvalue weighted by molar-refractivity contribution is 7.13. The zero-order valence-electron chi connectivity index (χ0n) is 11.0. The summed E-state index contributed by atoms with van der Waals surface area (Å²) in [5, 5.41) is 3.62. The topological polar surface area (TPSA) is 33.2 Å². The van der Waals surface area contributed by atoms with Gasteiger partial charge in [-0.15, -0.1) is 11.3 Å². The van der Waals surface area contributed by atoms with Crippen molar-refractivity contribution in [2.45, 2.75) is 19.3 Å². The summed E-state index contributed by atoms with van der Waals surface area (Å²) in [4.78, 5) is 18.6. The van der Waals surface area contributed by atoms with Crippen molar-refractivity contribution in [3.63, 3.8) is 0 Å². The Kier molecular flexibility index (Phi) is 4.03. The molecule has 0 radical (unpaired) electrons. The van der Waals surface area contributed by atoms with E-state index in [0.29, 0.717) is 6.42 Å². The molecule has 1 aromatic heterocycles. The second kappa shape index (κ2) is 5.94. The van der Waals surface area contributed by atoms with Crippen molar-refractivity contribution in [3.05, 3.63) is 40.4 Å². The van der Waals surface area contributed by atoms with Crippen LogP contribution in [0.2, 0.25) is 5.02 Å². The van der Waals surface area contributed by atoms with Gasteiger partial charge in [0.25, 0.3) is 0 Å². The Labute approximate surface area is 127 Å². The van der Waals surface area contributed by atoms with Crippen LogP contribution in [-0.4, -0.2) is 28.9 Å². The molecule has 1 aliphatic rings. The van der Waals surface area contributed by atoms with Crippen LogP contribution in [0.3, 0.4) is 0 Å². The number of benzene rings is 1. The van der Waals surface area contributed by atoms with Crippen LogP contribution in [0.15, 0.2) is 29.6 Å². The van der Waals surface area contributed by atoms with E-state index >= 15 is 0 Å². The maximum atomic E-state index is 12.1. The number of hydrogen-bond donors (Lipinski definition) is 0. The molecule has 1 aliphatic heterocycles. The Hall–Kier alpha value is -1.39. The van der Waals surface area contributed by atoms with Gasteiger partial charge in [-0.2, -0.15) is 0 Å². The molecule has 5 heteroatoms. The third kappa shape index (κ3) is 3.02. The van der Waals surface area contributed by atoms with E-state index in [0.717, 1.165) is 47.2 Å². The van der Waals surface area contributed by atoms with Crippen LogP contribution < -0.4 is 0 Å². The molecule has 2 heterocycles. The molecule has 3 rings (SSSR count). The second-order valence-electron chi connectivity index (χ2n) is 4.92. The second-order valence-corrected chi connectivity index (χ2v) is 6.21. The summed E-state index contributed by atoms with van der Waals surface area (Å²) in [5.41, 5.74) is 1.90. The van der Waals surface area contributed by atoms with Gasteiger partial charge in [0.05, 0.1) is 12.1 Å². The van der Waals surface area contributed by atoms with Crippen LogP contribution in [0.4, 0.5) is 0 Å². The van der Waals surface area contributed by atoms with E-state index in [9.17, 15) is 4.79 Å². The van der Waals surface area contributed by atoms with Gasteiger partial charge in [-0.25, -0.2) is 4.98 Å². The number of rotatable bonds is 3. The molecule has 1 saturated heterocycles. The summed E-state index contributed by atoms with van der Waals surface area (Å²) < 4.78 is 0. The summed E-state index contributed by atoms with van der Waals surface area (Å²) in [6.07, 6.45) is 2.65. The number of amides is 1. The van der Waals surface area contributed by atoms with E-state index in [2.05, 4.69) is 4.98 Å². The van der Waals surface area contributed by atoms with Gasteiger partial charge in [0, 0.05) is 29.1 Å². The predicted molar refractivity (Wildman–Crippen MR) is 82.1 cm³/mol. The zero-order valence-corrected chi connectivity index (χ0v) is 12.6. The molecule has 0 N–H and O–H groups in total. The number of thiazole rings is 1. The van der Waals surface area contributed by atoms with E-state index in [1.54, 1.807) is 11.3 Å². The Morgan fingerprint density at radius 3 is 2.65 bits per heavy atom. The van der Waals surface area contributed by atoms with Gasteiger partial charge >= 0.3 is 0 Å². The van der Waals surface area contributed by atoms with Gasteiger partial charge in [0.15, 0.2) is 0 Å². The minimum absolute atomic E-state index is 0.190. The number of carbonyl (C=O) groups excluding carboxylic acids is 1. The Morgan fingerprint density at radius 1 is 1.25 bits per heavy atom. The summed E-state index contributed by atoms with van der Waals surface area (Å²) in [7, 11) is 0. The van der Waals surface area contributed by atoms with Crippen molar-refractivity contribution in [2.24, 2.45) is 0 Å². The third-order valence-electron chi connectivity index (χ3n) is 3.43. The van der Waals surface area contributed by atoms with Crippen LogP contribution in [0, 0.1) is 0 Å². The summed E-state index contributed by atoms with van der Waals surface area (Å²) >= 11 is 7.45. The average Bonchev–Trinajstić information content (AvgIpc) is 3.10. The van der Waals surface area contributed by atoms with Crippen molar-refractivity contribution in [2.75, 3.05) is 13.1 Å². The fourth-order valence-electron chi connectivity index (χ4n) is 2.35. The van der Waals surface area contributed by atoms with E-state index in [4.69, 9.17) is 11.6 Å². The van der Waals surface area contributed by atoms with Crippen molar-refractivity contribution in [3.8, 4) is 10.6 Å². The number of carbonyl (C=O) groups is 1. The molecule has 0 atom stereocenters. The predicted octanol–water partition coefficient (Wildman–Crippen LogP) is 3.63. The van der Waals surface area contributed by atoms with Gasteiger partial charge in [-0.3, -0.25) is 4.79 Å². The first-order chi connectivity index (χ1) is 9.72. The summed E-state index contributed by atoms with van der Waals surface area (Å²) in [5.74, 6) is 0.190. The van der Waals surface area contributed by atoms with Crippen LogP contribution in [-0.2, 0) is 11.2 Å². The molecule has 1 amide bonds. The Balaban J connectivity index is 1.70. The van der Waals surface area contributed by atoms with Gasteiger partial charge in [-0.1, -0.05) is 23.7 Å². The minimum Gasteiger partial charge on any atom is -0.342 e. The third-order valence-corrected chi connectivity index (χ3v) is 4.63. The number of nitrogens with zero attached hydrogens (tertiary/aromatic N) is 2. The van der Waals surface area contributed by atoms with Crippen molar-refractivity contribution < 1.29 is 4.79 Å². The molecule has 20 heavy (non-hydrogen) atoms. The van der Waals surface area contributed by atoms with Gasteiger partial charge in [-0.05, 0) is 25.0 Å². The monoisotopic (exact) mass is 306 g/mol. The highest BCUT2D eigenvalue weighted by Crippen LogP contribution is 2.25. The number of aromatic nitrogens is 1. The molecule has 3 nitrogen and oxygen atoms in total. The van der Waals surface area contributed by atoms with Crippen molar-refractivity contribution in [1.82, 2.24) is 9.88 Å². The molecule has 2 aromatic rings. The Morgan fingerprint density at radius 2 is 1.95 bits per heavy atom.